The molecule has 3 nitrogen and oxygen atoms in total. The van der Waals surface area contributed by atoms with Gasteiger partial charge in [0.25, 0.3) is 0 Å². The van der Waals surface area contributed by atoms with E-state index in [0.29, 0.717) is 12.1 Å². The predicted molar refractivity (Wildman–Crippen MR) is 59.6 cm³/mol. The van der Waals surface area contributed by atoms with E-state index in [1.54, 1.807) is 0 Å². The van der Waals surface area contributed by atoms with Crippen molar-refractivity contribution >= 4 is 0 Å². The van der Waals surface area contributed by atoms with Crippen LogP contribution < -0.4 is 5.32 Å². The molecule has 1 aromatic heterocycles. The fourth-order valence-electron chi connectivity index (χ4n) is 1.95. The lowest BCUT2D eigenvalue weighted by molar-refractivity contribution is 0.0754. The molecule has 1 N–H and O–H groups in total. The molecule has 1 aromatic rings. The number of hydrogen-bond acceptors (Lipinski definition) is 3. The van der Waals surface area contributed by atoms with E-state index in [2.05, 4.69) is 23.3 Å². The van der Waals surface area contributed by atoms with Crippen LogP contribution in [0, 0.1) is 0 Å². The minimum atomic E-state index is 0.377. The Bertz CT molecular complexity index is 283. The first kappa shape index (κ1) is 10.6. The third-order valence-corrected chi connectivity index (χ3v) is 2.89. The van der Waals surface area contributed by atoms with Gasteiger partial charge in [0.15, 0.2) is 0 Å². The standard InChI is InChI=1S/C12H18N2O/c1-10(11-3-2-6-13-9-11)14-12-4-7-15-8-5-12/h2-3,6,9-10,12,14H,4-5,7-8H2,1H3. The normalized spacial score (nSPS) is 20.1. The Morgan fingerprint density at radius 1 is 1.47 bits per heavy atom. The lowest BCUT2D eigenvalue weighted by atomic mass is 10.1. The van der Waals surface area contributed by atoms with Crippen LogP contribution in [0.2, 0.25) is 0 Å². The van der Waals surface area contributed by atoms with E-state index in [1.807, 2.05) is 18.5 Å². The summed E-state index contributed by atoms with van der Waals surface area (Å²) in [7, 11) is 0. The third-order valence-electron chi connectivity index (χ3n) is 2.89. The molecule has 1 aliphatic rings. The van der Waals surface area contributed by atoms with E-state index >= 15 is 0 Å². The maximum atomic E-state index is 5.33. The van der Waals surface area contributed by atoms with Crippen LogP contribution in [0.25, 0.3) is 0 Å². The number of nitrogens with zero attached hydrogens (tertiary/aromatic N) is 1. The van der Waals surface area contributed by atoms with E-state index in [9.17, 15) is 0 Å². The van der Waals surface area contributed by atoms with E-state index in [0.717, 1.165) is 26.1 Å². The average molecular weight is 206 g/mol. The molecule has 0 aliphatic carbocycles. The molecule has 1 saturated heterocycles. The minimum Gasteiger partial charge on any atom is -0.381 e. The molecule has 1 aliphatic heterocycles. The van der Waals surface area contributed by atoms with E-state index < -0.39 is 0 Å². The van der Waals surface area contributed by atoms with E-state index in [-0.39, 0.29) is 0 Å². The summed E-state index contributed by atoms with van der Waals surface area (Å²) in [5, 5.41) is 3.62. The van der Waals surface area contributed by atoms with E-state index in [4.69, 9.17) is 4.74 Å². The highest BCUT2D eigenvalue weighted by Gasteiger charge is 2.16. The van der Waals surface area contributed by atoms with Gasteiger partial charge in [0.1, 0.15) is 0 Å². The van der Waals surface area contributed by atoms with Gasteiger partial charge in [-0.2, -0.15) is 0 Å². The first-order chi connectivity index (χ1) is 7.36. The molecule has 1 unspecified atom stereocenters. The maximum absolute atomic E-state index is 5.33. The Kier molecular flexibility index (Phi) is 3.69. The lowest BCUT2D eigenvalue weighted by Gasteiger charge is -2.26. The SMILES string of the molecule is CC(NC1CCOCC1)c1cccnc1. The van der Waals surface area contributed by atoms with Crippen LogP contribution in [0.4, 0.5) is 0 Å². The maximum Gasteiger partial charge on any atom is 0.0480 e. The summed E-state index contributed by atoms with van der Waals surface area (Å²) in [6, 6.07) is 5.07. The number of aromatic nitrogens is 1. The first-order valence-corrected chi connectivity index (χ1v) is 5.60. The fraction of sp³-hybridized carbons (Fsp3) is 0.583. The van der Waals surface area contributed by atoms with Gasteiger partial charge in [-0.25, -0.2) is 0 Å². The summed E-state index contributed by atoms with van der Waals surface area (Å²) < 4.78 is 5.33. The van der Waals surface area contributed by atoms with Gasteiger partial charge in [0.05, 0.1) is 0 Å². The number of ether oxygens (including phenoxy) is 1. The van der Waals surface area contributed by atoms with Crippen molar-refractivity contribution in [2.24, 2.45) is 0 Å². The molecule has 0 bridgehead atoms. The van der Waals surface area contributed by atoms with Crippen molar-refractivity contribution in [1.29, 1.82) is 0 Å². The molecular formula is C12H18N2O. The molecule has 0 radical (unpaired) electrons. The Labute approximate surface area is 90.9 Å². The molecule has 0 amide bonds. The number of rotatable bonds is 3. The molecule has 15 heavy (non-hydrogen) atoms. The van der Waals surface area contributed by atoms with Gasteiger partial charge in [-0.1, -0.05) is 6.07 Å². The van der Waals surface area contributed by atoms with E-state index in [1.165, 1.54) is 5.56 Å². The molecule has 2 rings (SSSR count). The highest BCUT2D eigenvalue weighted by molar-refractivity contribution is 5.12. The topological polar surface area (TPSA) is 34.1 Å². The molecular weight excluding hydrogens is 188 g/mol. The summed E-state index contributed by atoms with van der Waals surface area (Å²) in [6.07, 6.45) is 5.97. The third kappa shape index (κ3) is 3.01. The van der Waals surface area contributed by atoms with Crippen LogP contribution in [0.5, 0.6) is 0 Å². The van der Waals surface area contributed by atoms with Crippen molar-refractivity contribution in [3.63, 3.8) is 0 Å². The highest BCUT2D eigenvalue weighted by Crippen LogP contribution is 2.15. The van der Waals surface area contributed by atoms with Crippen LogP contribution in [0.1, 0.15) is 31.4 Å². The first-order valence-electron chi connectivity index (χ1n) is 5.60. The highest BCUT2D eigenvalue weighted by atomic mass is 16.5. The Morgan fingerprint density at radius 2 is 2.27 bits per heavy atom. The van der Waals surface area contributed by atoms with Crippen molar-refractivity contribution in [2.45, 2.75) is 31.8 Å². The summed E-state index contributed by atoms with van der Waals surface area (Å²) >= 11 is 0. The molecule has 1 fully saturated rings. The van der Waals surface area contributed by atoms with Crippen molar-refractivity contribution < 1.29 is 4.74 Å². The number of pyridine rings is 1. The summed E-state index contributed by atoms with van der Waals surface area (Å²) in [5.74, 6) is 0. The summed E-state index contributed by atoms with van der Waals surface area (Å²) in [5.41, 5.74) is 1.25. The van der Waals surface area contributed by atoms with Crippen LogP contribution in [0.3, 0.4) is 0 Å². The molecule has 0 spiro atoms. The van der Waals surface area contributed by atoms with Gasteiger partial charge in [0.2, 0.25) is 0 Å². The molecule has 82 valence electrons. The monoisotopic (exact) mass is 206 g/mol. The zero-order valence-electron chi connectivity index (χ0n) is 9.15. The second-order valence-corrected chi connectivity index (χ2v) is 4.06. The van der Waals surface area contributed by atoms with Gasteiger partial charge < -0.3 is 10.1 Å². The predicted octanol–water partition coefficient (Wildman–Crippen LogP) is 1.91. The Morgan fingerprint density at radius 3 is 2.93 bits per heavy atom. The van der Waals surface area contributed by atoms with Gasteiger partial charge in [0, 0.05) is 37.7 Å². The smallest absolute Gasteiger partial charge is 0.0480 e. The Balaban J connectivity index is 1.88. The second-order valence-electron chi connectivity index (χ2n) is 4.06. The van der Waals surface area contributed by atoms with Crippen molar-refractivity contribution in [3.8, 4) is 0 Å². The zero-order chi connectivity index (χ0) is 10.5. The van der Waals surface area contributed by atoms with Crippen LogP contribution in [0.15, 0.2) is 24.5 Å². The van der Waals surface area contributed by atoms with Gasteiger partial charge in [-0.3, -0.25) is 4.98 Å². The van der Waals surface area contributed by atoms with Crippen LogP contribution >= 0.6 is 0 Å². The minimum absolute atomic E-state index is 0.377. The number of hydrogen-bond donors (Lipinski definition) is 1. The lowest BCUT2D eigenvalue weighted by Crippen LogP contribution is -2.36. The van der Waals surface area contributed by atoms with Crippen molar-refractivity contribution in [3.05, 3.63) is 30.1 Å². The molecule has 2 heterocycles. The van der Waals surface area contributed by atoms with Crippen LogP contribution in [-0.4, -0.2) is 24.2 Å². The van der Waals surface area contributed by atoms with Crippen molar-refractivity contribution in [1.82, 2.24) is 10.3 Å². The average Bonchev–Trinajstić information content (AvgIpc) is 2.31. The van der Waals surface area contributed by atoms with Crippen molar-refractivity contribution in [2.75, 3.05) is 13.2 Å². The number of nitrogens with one attached hydrogen (secondary N) is 1. The quantitative estimate of drug-likeness (QED) is 0.820. The van der Waals surface area contributed by atoms with Crippen LogP contribution in [-0.2, 0) is 4.74 Å². The molecule has 0 aromatic carbocycles. The summed E-state index contributed by atoms with van der Waals surface area (Å²) in [4.78, 5) is 4.13. The van der Waals surface area contributed by atoms with Gasteiger partial charge >= 0.3 is 0 Å². The molecule has 3 heteroatoms. The van der Waals surface area contributed by atoms with Gasteiger partial charge in [-0.15, -0.1) is 0 Å². The fourth-order valence-corrected chi connectivity index (χ4v) is 1.95. The van der Waals surface area contributed by atoms with Gasteiger partial charge in [-0.05, 0) is 31.4 Å². The zero-order valence-corrected chi connectivity index (χ0v) is 9.15. The molecule has 0 saturated carbocycles. The second kappa shape index (κ2) is 5.24. The molecule has 1 atom stereocenters. The largest absolute Gasteiger partial charge is 0.381 e. The summed E-state index contributed by atoms with van der Waals surface area (Å²) in [6.45, 7) is 3.96. The Hall–Kier alpha value is -0.930.